The van der Waals surface area contributed by atoms with Crippen LogP contribution >= 0.6 is 0 Å². The maximum Gasteiger partial charge on any atom is 0.412 e. The average Bonchev–Trinajstić information content (AvgIpc) is 2.77. The molecule has 6 nitrogen and oxygen atoms in total. The Morgan fingerprint density at radius 1 is 1.28 bits per heavy atom. The van der Waals surface area contributed by atoms with E-state index in [4.69, 9.17) is 14.2 Å². The zero-order valence-corrected chi connectivity index (χ0v) is 16.6. The van der Waals surface area contributed by atoms with E-state index < -0.39 is 17.4 Å². The molecule has 0 aromatic heterocycles. The van der Waals surface area contributed by atoms with Gasteiger partial charge in [0, 0.05) is 6.08 Å². The van der Waals surface area contributed by atoms with Gasteiger partial charge in [-0.05, 0) is 53.9 Å². The summed E-state index contributed by atoms with van der Waals surface area (Å²) in [6.45, 7) is 13.6. The maximum absolute atomic E-state index is 12.3. The van der Waals surface area contributed by atoms with E-state index >= 15 is 0 Å². The number of nitrogens with zero attached hydrogens (tertiary/aromatic N) is 1. The molecule has 1 saturated heterocycles. The topological polar surface area (TPSA) is 65.1 Å². The smallest absolute Gasteiger partial charge is 0.412 e. The van der Waals surface area contributed by atoms with Crippen LogP contribution in [0.4, 0.5) is 4.79 Å². The van der Waals surface area contributed by atoms with E-state index in [1.165, 1.54) is 6.08 Å². The van der Waals surface area contributed by atoms with Crippen molar-refractivity contribution in [2.24, 2.45) is 0 Å². The molecule has 1 aliphatic heterocycles. The molecule has 0 unspecified atom stereocenters. The van der Waals surface area contributed by atoms with Gasteiger partial charge >= 0.3 is 12.1 Å². The van der Waals surface area contributed by atoms with E-state index in [0.717, 1.165) is 12.8 Å². The summed E-state index contributed by atoms with van der Waals surface area (Å²) in [6, 6.07) is 0. The van der Waals surface area contributed by atoms with Crippen LogP contribution in [-0.2, 0) is 19.0 Å². The molecule has 0 saturated carbocycles. The molecule has 1 heterocycles. The normalized spacial score (nSPS) is 20.3. The Hall–Kier alpha value is -1.56. The lowest BCUT2D eigenvalue weighted by atomic mass is 10.2. The zero-order valence-electron chi connectivity index (χ0n) is 16.6. The molecule has 0 N–H and O–H groups in total. The fourth-order valence-corrected chi connectivity index (χ4v) is 2.64. The molecule has 0 aromatic carbocycles. The lowest BCUT2D eigenvalue weighted by Crippen LogP contribution is -2.46. The summed E-state index contributed by atoms with van der Waals surface area (Å²) in [6.07, 6.45) is 4.70. The second-order valence-corrected chi connectivity index (χ2v) is 7.79. The number of esters is 1. The van der Waals surface area contributed by atoms with Crippen molar-refractivity contribution in [1.82, 2.24) is 4.90 Å². The van der Waals surface area contributed by atoms with Crippen molar-refractivity contribution in [3.8, 4) is 0 Å². The molecule has 1 atom stereocenters. The van der Waals surface area contributed by atoms with Gasteiger partial charge in [0.15, 0.2) is 0 Å². The van der Waals surface area contributed by atoms with E-state index in [0.29, 0.717) is 13.0 Å². The standard InChI is InChI=1S/C19H33NO5/c1-8-14(9-2)23-16(21)12-10-11-15-13-20(19(6,7)24-15)17(22)25-18(3,4)5/h10,12,14-15H,8-9,11,13H2,1-7H3/b12-10+/t15-/m1/s1. The average molecular weight is 355 g/mol. The van der Waals surface area contributed by atoms with E-state index in [-0.39, 0.29) is 18.2 Å². The van der Waals surface area contributed by atoms with Gasteiger partial charge in [-0.2, -0.15) is 0 Å². The summed E-state index contributed by atoms with van der Waals surface area (Å²) in [5, 5.41) is 0. The molecule has 0 radical (unpaired) electrons. The number of hydrogen-bond acceptors (Lipinski definition) is 5. The van der Waals surface area contributed by atoms with Gasteiger partial charge in [-0.3, -0.25) is 4.90 Å². The van der Waals surface area contributed by atoms with Gasteiger partial charge < -0.3 is 14.2 Å². The van der Waals surface area contributed by atoms with Crippen LogP contribution in [0.1, 0.15) is 67.7 Å². The third kappa shape index (κ3) is 7.06. The first kappa shape index (κ1) is 21.5. The van der Waals surface area contributed by atoms with E-state index in [9.17, 15) is 9.59 Å². The fraction of sp³-hybridized carbons (Fsp3) is 0.789. The van der Waals surface area contributed by atoms with Crippen molar-refractivity contribution in [3.63, 3.8) is 0 Å². The number of rotatable bonds is 6. The van der Waals surface area contributed by atoms with Crippen LogP contribution in [0, 0.1) is 0 Å². The van der Waals surface area contributed by atoms with Crippen LogP contribution < -0.4 is 0 Å². The molecular formula is C19H33NO5. The van der Waals surface area contributed by atoms with Gasteiger partial charge in [-0.25, -0.2) is 9.59 Å². The van der Waals surface area contributed by atoms with Crippen LogP contribution in [0.3, 0.4) is 0 Å². The van der Waals surface area contributed by atoms with Crippen molar-refractivity contribution < 1.29 is 23.8 Å². The number of carbonyl (C=O) groups is 2. The Morgan fingerprint density at radius 3 is 2.40 bits per heavy atom. The third-order valence-corrected chi connectivity index (χ3v) is 3.95. The summed E-state index contributed by atoms with van der Waals surface area (Å²) in [4.78, 5) is 25.7. The molecule has 0 spiro atoms. The first-order chi connectivity index (χ1) is 11.5. The van der Waals surface area contributed by atoms with E-state index in [1.54, 1.807) is 11.0 Å². The van der Waals surface area contributed by atoms with E-state index in [2.05, 4.69) is 0 Å². The second kappa shape index (κ2) is 8.70. The van der Waals surface area contributed by atoms with Gasteiger partial charge in [-0.1, -0.05) is 19.9 Å². The van der Waals surface area contributed by atoms with Gasteiger partial charge in [0.2, 0.25) is 0 Å². The van der Waals surface area contributed by atoms with Crippen molar-refractivity contribution >= 4 is 12.1 Å². The summed E-state index contributed by atoms with van der Waals surface area (Å²) in [7, 11) is 0. The fourth-order valence-electron chi connectivity index (χ4n) is 2.64. The Bertz CT molecular complexity index is 489. The minimum Gasteiger partial charge on any atom is -0.459 e. The van der Waals surface area contributed by atoms with Crippen molar-refractivity contribution in [3.05, 3.63) is 12.2 Å². The van der Waals surface area contributed by atoms with Gasteiger partial charge in [0.05, 0.1) is 12.6 Å². The highest BCUT2D eigenvalue weighted by atomic mass is 16.6. The van der Waals surface area contributed by atoms with Crippen molar-refractivity contribution in [2.75, 3.05) is 6.54 Å². The van der Waals surface area contributed by atoms with Crippen LogP contribution in [0.2, 0.25) is 0 Å². The summed E-state index contributed by atoms with van der Waals surface area (Å²) in [5.74, 6) is -0.338. The Labute approximate surface area is 151 Å². The van der Waals surface area contributed by atoms with Gasteiger partial charge in [-0.15, -0.1) is 0 Å². The molecule has 0 aromatic rings. The minimum atomic E-state index is -0.739. The molecular weight excluding hydrogens is 322 g/mol. The highest BCUT2D eigenvalue weighted by molar-refractivity contribution is 5.82. The molecule has 6 heteroatoms. The van der Waals surface area contributed by atoms with Crippen molar-refractivity contribution in [1.29, 1.82) is 0 Å². The van der Waals surface area contributed by atoms with Crippen LogP contribution in [0.25, 0.3) is 0 Å². The predicted octanol–water partition coefficient (Wildman–Crippen LogP) is 4.04. The van der Waals surface area contributed by atoms with Crippen LogP contribution in [0.5, 0.6) is 0 Å². The Kier molecular flexibility index (Phi) is 7.47. The third-order valence-electron chi connectivity index (χ3n) is 3.95. The number of amides is 1. The quantitative estimate of drug-likeness (QED) is 0.531. The Balaban J connectivity index is 2.55. The lowest BCUT2D eigenvalue weighted by Gasteiger charge is -2.31. The minimum absolute atomic E-state index is 0.0403. The largest absolute Gasteiger partial charge is 0.459 e. The Morgan fingerprint density at radius 2 is 1.88 bits per heavy atom. The first-order valence-corrected chi connectivity index (χ1v) is 9.04. The molecule has 1 fully saturated rings. The van der Waals surface area contributed by atoms with E-state index in [1.807, 2.05) is 48.5 Å². The van der Waals surface area contributed by atoms with Gasteiger partial charge in [0.1, 0.15) is 17.4 Å². The maximum atomic E-state index is 12.3. The summed E-state index contributed by atoms with van der Waals surface area (Å²) >= 11 is 0. The predicted molar refractivity (Wildman–Crippen MR) is 96.1 cm³/mol. The highest BCUT2D eigenvalue weighted by Gasteiger charge is 2.43. The number of ether oxygens (including phenoxy) is 3. The zero-order chi connectivity index (χ0) is 19.3. The molecule has 0 aliphatic carbocycles. The molecule has 144 valence electrons. The SMILES string of the molecule is CCC(CC)OC(=O)/C=C/C[C@@H]1CN(C(=O)OC(C)(C)C)C(C)(C)O1. The summed E-state index contributed by atoms with van der Waals surface area (Å²) < 4.78 is 16.7. The molecule has 25 heavy (non-hydrogen) atoms. The molecule has 1 aliphatic rings. The van der Waals surface area contributed by atoms with Crippen LogP contribution in [0.15, 0.2) is 12.2 Å². The summed E-state index contributed by atoms with van der Waals surface area (Å²) in [5.41, 5.74) is -1.29. The van der Waals surface area contributed by atoms with Crippen molar-refractivity contribution in [2.45, 2.75) is 91.3 Å². The molecule has 0 bridgehead atoms. The van der Waals surface area contributed by atoms with Gasteiger partial charge in [0.25, 0.3) is 0 Å². The molecule has 1 rings (SSSR count). The second-order valence-electron chi connectivity index (χ2n) is 7.79. The first-order valence-electron chi connectivity index (χ1n) is 9.04. The van der Waals surface area contributed by atoms with Crippen LogP contribution in [-0.4, -0.2) is 47.0 Å². The molecule has 1 amide bonds. The number of carbonyl (C=O) groups excluding carboxylic acids is 2. The number of hydrogen-bond donors (Lipinski definition) is 0. The highest BCUT2D eigenvalue weighted by Crippen LogP contribution is 2.30. The monoisotopic (exact) mass is 355 g/mol. The lowest BCUT2D eigenvalue weighted by molar-refractivity contribution is -0.143.